The number of aliphatic hydroxyl groups excluding tert-OH is 1. The highest BCUT2D eigenvalue weighted by Gasteiger charge is 2.68. The van der Waals surface area contributed by atoms with Gasteiger partial charge >= 0.3 is 0 Å². The van der Waals surface area contributed by atoms with Crippen LogP contribution in [0.1, 0.15) is 98.3 Å². The molecule has 4 fully saturated rings. The zero-order valence-electron chi connectivity index (χ0n) is 20.4. The van der Waals surface area contributed by atoms with E-state index in [0.29, 0.717) is 35.0 Å². The fourth-order valence-electron chi connectivity index (χ4n) is 9.61. The van der Waals surface area contributed by atoms with E-state index in [-0.39, 0.29) is 11.5 Å². The number of hydrogen-bond donors (Lipinski definition) is 3. The monoisotopic (exact) mass is 433 g/mol. The van der Waals surface area contributed by atoms with Gasteiger partial charge in [0.25, 0.3) is 0 Å². The number of aliphatic hydroxyl groups is 2. The summed E-state index contributed by atoms with van der Waals surface area (Å²) in [5.74, 6) is 3.56. The van der Waals surface area contributed by atoms with Crippen LogP contribution in [0.3, 0.4) is 0 Å². The quantitative estimate of drug-likeness (QED) is 0.394. The van der Waals surface area contributed by atoms with Gasteiger partial charge in [-0.2, -0.15) is 0 Å². The minimum atomic E-state index is -0.556. The lowest BCUT2D eigenvalue weighted by Crippen LogP contribution is -2.67. The molecule has 178 valence electrons. The molecule has 4 aliphatic carbocycles. The van der Waals surface area contributed by atoms with Crippen LogP contribution >= 0.6 is 0 Å². The van der Waals surface area contributed by atoms with Crippen LogP contribution in [0.2, 0.25) is 0 Å². The molecule has 4 aliphatic rings. The molecule has 0 bridgehead atoms. The fourth-order valence-corrected chi connectivity index (χ4v) is 9.61. The molecule has 0 heterocycles. The molecule has 0 aromatic rings. The molecule has 4 nitrogen and oxygen atoms in total. The maximum Gasteiger partial charge on any atom is 0.207 e. The number of carbonyl (C=O) groups is 1. The molecule has 4 saturated carbocycles. The van der Waals surface area contributed by atoms with Crippen LogP contribution < -0.4 is 5.32 Å². The van der Waals surface area contributed by atoms with Crippen molar-refractivity contribution in [1.29, 1.82) is 0 Å². The summed E-state index contributed by atoms with van der Waals surface area (Å²) in [4.78, 5) is 10.6. The van der Waals surface area contributed by atoms with Gasteiger partial charge in [0.15, 0.2) is 0 Å². The zero-order valence-corrected chi connectivity index (χ0v) is 20.4. The molecule has 0 spiro atoms. The highest BCUT2D eigenvalue weighted by Crippen LogP contribution is 2.71. The largest absolute Gasteiger partial charge is 0.393 e. The number of fused-ring (bicyclic) bond motifs is 5. The van der Waals surface area contributed by atoms with E-state index in [2.05, 4.69) is 33.0 Å². The Morgan fingerprint density at radius 3 is 2.55 bits per heavy atom. The van der Waals surface area contributed by atoms with Crippen LogP contribution in [0.15, 0.2) is 0 Å². The molecule has 0 aromatic heterocycles. The first kappa shape index (κ1) is 23.5. The van der Waals surface area contributed by atoms with Gasteiger partial charge in [0.05, 0.1) is 11.7 Å². The first-order valence-corrected chi connectivity index (χ1v) is 13.3. The second kappa shape index (κ2) is 8.63. The van der Waals surface area contributed by atoms with E-state index in [9.17, 15) is 15.0 Å². The van der Waals surface area contributed by atoms with E-state index >= 15 is 0 Å². The van der Waals surface area contributed by atoms with Gasteiger partial charge in [-0.05, 0) is 111 Å². The summed E-state index contributed by atoms with van der Waals surface area (Å²) in [5, 5.41) is 25.7. The van der Waals surface area contributed by atoms with Crippen LogP contribution in [0.5, 0.6) is 0 Å². The molecule has 1 amide bonds. The molecular formula is C27H47NO3. The SMILES string of the molecule is CC[C@H]1CC2C3CCC([C@H](C)CCCNC=O)C3(C)CCC2(O)C2(C)CC[C@@H](O)CC12. The van der Waals surface area contributed by atoms with Gasteiger partial charge in [-0.3, -0.25) is 4.79 Å². The van der Waals surface area contributed by atoms with Crippen LogP contribution in [0.4, 0.5) is 0 Å². The van der Waals surface area contributed by atoms with Crippen molar-refractivity contribution in [1.82, 2.24) is 5.32 Å². The lowest BCUT2D eigenvalue weighted by atomic mass is 9.40. The number of carbonyl (C=O) groups excluding carboxylic acids is 1. The number of rotatable bonds is 7. The van der Waals surface area contributed by atoms with E-state index in [1.807, 2.05) is 0 Å². The van der Waals surface area contributed by atoms with Crippen molar-refractivity contribution in [2.75, 3.05) is 6.54 Å². The molecule has 0 saturated heterocycles. The molecule has 0 aromatic carbocycles. The summed E-state index contributed by atoms with van der Waals surface area (Å²) < 4.78 is 0. The second-order valence-corrected chi connectivity index (χ2v) is 12.4. The van der Waals surface area contributed by atoms with Crippen LogP contribution in [-0.4, -0.2) is 34.9 Å². The minimum Gasteiger partial charge on any atom is -0.393 e. The third-order valence-corrected chi connectivity index (χ3v) is 11.4. The first-order valence-electron chi connectivity index (χ1n) is 13.3. The van der Waals surface area contributed by atoms with Gasteiger partial charge in [0.2, 0.25) is 6.41 Å². The summed E-state index contributed by atoms with van der Waals surface area (Å²) in [5.41, 5.74) is -0.259. The van der Waals surface area contributed by atoms with Gasteiger partial charge in [-0.15, -0.1) is 0 Å². The van der Waals surface area contributed by atoms with E-state index in [4.69, 9.17) is 0 Å². The number of hydrogen-bond acceptors (Lipinski definition) is 3. The van der Waals surface area contributed by atoms with Gasteiger partial charge in [-0.25, -0.2) is 0 Å². The third-order valence-electron chi connectivity index (χ3n) is 11.4. The van der Waals surface area contributed by atoms with Crippen molar-refractivity contribution in [3.05, 3.63) is 0 Å². The maximum absolute atomic E-state index is 12.4. The Bertz CT molecular complexity index is 654. The Morgan fingerprint density at radius 2 is 1.84 bits per heavy atom. The van der Waals surface area contributed by atoms with Crippen LogP contribution in [0.25, 0.3) is 0 Å². The van der Waals surface area contributed by atoms with Crippen molar-refractivity contribution in [3.8, 4) is 0 Å². The molecule has 0 aliphatic heterocycles. The van der Waals surface area contributed by atoms with Gasteiger partial charge in [0.1, 0.15) is 0 Å². The smallest absolute Gasteiger partial charge is 0.207 e. The first-order chi connectivity index (χ1) is 14.7. The summed E-state index contributed by atoms with van der Waals surface area (Å²) in [7, 11) is 0. The topological polar surface area (TPSA) is 69.6 Å². The minimum absolute atomic E-state index is 0.0403. The Labute approximate surface area is 190 Å². The van der Waals surface area contributed by atoms with E-state index in [0.717, 1.165) is 63.8 Å². The zero-order chi connectivity index (χ0) is 22.4. The molecule has 0 radical (unpaired) electrons. The Kier molecular flexibility index (Phi) is 6.55. The molecular weight excluding hydrogens is 386 g/mol. The maximum atomic E-state index is 12.4. The highest BCUT2D eigenvalue weighted by atomic mass is 16.3. The average Bonchev–Trinajstić information content (AvgIpc) is 3.10. The number of amides is 1. The molecule has 7 unspecified atom stereocenters. The van der Waals surface area contributed by atoms with Crippen molar-refractivity contribution in [3.63, 3.8) is 0 Å². The van der Waals surface area contributed by atoms with E-state index in [1.54, 1.807) is 0 Å². The summed E-state index contributed by atoms with van der Waals surface area (Å²) in [6.45, 7) is 10.5. The fraction of sp³-hybridized carbons (Fsp3) is 0.963. The third kappa shape index (κ3) is 3.59. The Morgan fingerprint density at radius 1 is 1.06 bits per heavy atom. The standard InChI is InChI=1S/C27H47NO3/c1-5-19-15-24-22-9-8-21(18(2)7-6-14-28-17-29)25(22,3)12-13-27(24,31)26(4)11-10-20(30)16-23(19)26/h17-24,30-31H,5-16H2,1-4H3,(H,28,29)/t18-,19+,20-,21?,22?,23?,24?,25?,26?,27?/m1/s1. The highest BCUT2D eigenvalue weighted by molar-refractivity contribution is 5.45. The summed E-state index contributed by atoms with van der Waals surface area (Å²) in [6.07, 6.45) is 12.6. The average molecular weight is 434 g/mol. The predicted molar refractivity (Wildman–Crippen MR) is 124 cm³/mol. The molecule has 4 rings (SSSR count). The van der Waals surface area contributed by atoms with Crippen LogP contribution in [-0.2, 0) is 4.79 Å². The van der Waals surface area contributed by atoms with Crippen LogP contribution in [0, 0.1) is 46.3 Å². The summed E-state index contributed by atoms with van der Waals surface area (Å²) in [6, 6.07) is 0. The van der Waals surface area contributed by atoms with Gasteiger partial charge in [0, 0.05) is 6.54 Å². The van der Waals surface area contributed by atoms with Gasteiger partial charge < -0.3 is 15.5 Å². The lowest BCUT2D eigenvalue weighted by Gasteiger charge is -2.67. The van der Waals surface area contributed by atoms with Crippen molar-refractivity contribution >= 4 is 6.41 Å². The molecule has 3 N–H and O–H groups in total. The lowest BCUT2D eigenvalue weighted by molar-refractivity contribution is -0.256. The number of nitrogens with one attached hydrogen (secondary N) is 1. The normalized spacial score (nSPS) is 50.1. The van der Waals surface area contributed by atoms with E-state index in [1.165, 1.54) is 25.7 Å². The van der Waals surface area contributed by atoms with Crippen molar-refractivity contribution in [2.24, 2.45) is 46.3 Å². The molecule has 4 heteroatoms. The Hall–Kier alpha value is -0.610. The van der Waals surface area contributed by atoms with Gasteiger partial charge in [-0.1, -0.05) is 34.1 Å². The second-order valence-electron chi connectivity index (χ2n) is 12.4. The summed E-state index contributed by atoms with van der Waals surface area (Å²) >= 11 is 0. The Balaban J connectivity index is 1.56. The molecule has 10 atom stereocenters. The van der Waals surface area contributed by atoms with E-state index < -0.39 is 5.60 Å². The predicted octanol–water partition coefficient (Wildman–Crippen LogP) is 4.92. The van der Waals surface area contributed by atoms with Crippen molar-refractivity contribution in [2.45, 2.75) is 110 Å². The van der Waals surface area contributed by atoms with Crippen molar-refractivity contribution < 1.29 is 15.0 Å². The molecule has 31 heavy (non-hydrogen) atoms.